The van der Waals surface area contributed by atoms with E-state index in [0.717, 1.165) is 32.7 Å². The van der Waals surface area contributed by atoms with Crippen molar-refractivity contribution in [2.24, 2.45) is 32.9 Å². The van der Waals surface area contributed by atoms with Crippen LogP contribution in [-0.4, -0.2) is 85.3 Å². The quantitative estimate of drug-likeness (QED) is 0.0531. The summed E-state index contributed by atoms with van der Waals surface area (Å²) >= 11 is 0. The molecule has 1 aliphatic rings. The van der Waals surface area contributed by atoms with Crippen molar-refractivity contribution < 1.29 is 24.0 Å². The zero-order chi connectivity index (χ0) is 40.0. The van der Waals surface area contributed by atoms with Gasteiger partial charge in [-0.2, -0.15) is 0 Å². The zero-order valence-electron chi connectivity index (χ0n) is 31.0. The number of amides is 5. The highest BCUT2D eigenvalue weighted by Gasteiger charge is 2.32. The molecule has 1 heterocycles. The second kappa shape index (κ2) is 19.6. The number of hydrogen-bond acceptors (Lipinski definition) is 7. The standard InChI is InChI=1S/C40H49N11O5/c41-39(42)45-17-5-11-30-36(54)51-33(22-25-14-16-27-8-2-4-10-29(27)20-25)38(56)49-31(12-6-18-46-40(43)44)37(55)50-32(35(53)47-23-34(52)48-30)21-24-13-15-26-7-1-3-9-28(26)19-24/h1-4,7-10,13-16,19-20,30-33H,5-6,11-12,17-18,21-23H2,(H,47,53)(H,48,52)(H,49,56)(H,50,55)(H,51,54)(H4,41,42,45)(H4,43,44,46)/t30-,31-,32-,33+/m0/s1. The molecule has 4 atom stereocenters. The molecule has 5 rings (SSSR count). The van der Waals surface area contributed by atoms with E-state index in [-0.39, 0.29) is 50.7 Å². The molecule has 56 heavy (non-hydrogen) atoms. The number of nitrogens with two attached hydrogens (primary N) is 4. The number of carbonyl (C=O) groups excluding carboxylic acids is 5. The Bertz CT molecular complexity index is 2110. The van der Waals surface area contributed by atoms with Gasteiger partial charge in [0, 0.05) is 25.9 Å². The third-order valence-electron chi connectivity index (χ3n) is 9.37. The van der Waals surface area contributed by atoms with Gasteiger partial charge in [0.05, 0.1) is 6.54 Å². The van der Waals surface area contributed by atoms with Crippen molar-refractivity contribution >= 4 is 63.0 Å². The fourth-order valence-electron chi connectivity index (χ4n) is 6.52. The predicted molar refractivity (Wildman–Crippen MR) is 216 cm³/mol. The van der Waals surface area contributed by atoms with Crippen LogP contribution in [0.15, 0.2) is 94.9 Å². The van der Waals surface area contributed by atoms with E-state index in [2.05, 4.69) is 36.6 Å². The van der Waals surface area contributed by atoms with Crippen LogP contribution in [0.5, 0.6) is 0 Å². The van der Waals surface area contributed by atoms with Crippen molar-refractivity contribution in [3.05, 3.63) is 96.1 Å². The Hall–Kier alpha value is -6.71. The van der Waals surface area contributed by atoms with Crippen molar-refractivity contribution in [3.8, 4) is 0 Å². The molecule has 4 aromatic rings. The van der Waals surface area contributed by atoms with E-state index in [4.69, 9.17) is 22.9 Å². The number of nitrogens with one attached hydrogen (secondary N) is 5. The summed E-state index contributed by atoms with van der Waals surface area (Å²) in [6, 6.07) is 22.3. The van der Waals surface area contributed by atoms with Gasteiger partial charge in [-0.25, -0.2) is 0 Å². The molecule has 1 saturated heterocycles. The lowest BCUT2D eigenvalue weighted by molar-refractivity contribution is -0.134. The normalized spacial score (nSPS) is 19.7. The maximum absolute atomic E-state index is 14.2. The highest BCUT2D eigenvalue weighted by Crippen LogP contribution is 2.19. The molecule has 0 aromatic heterocycles. The Balaban J connectivity index is 1.48. The number of guanidine groups is 2. The van der Waals surface area contributed by atoms with Crippen LogP contribution in [0, 0.1) is 0 Å². The molecule has 4 aromatic carbocycles. The van der Waals surface area contributed by atoms with Gasteiger partial charge in [0.2, 0.25) is 29.5 Å². The molecule has 0 spiro atoms. The van der Waals surface area contributed by atoms with Gasteiger partial charge in [-0.05, 0) is 58.4 Å². The van der Waals surface area contributed by atoms with E-state index in [9.17, 15) is 24.0 Å². The first-order chi connectivity index (χ1) is 26.9. The van der Waals surface area contributed by atoms with Gasteiger partial charge in [0.15, 0.2) is 11.9 Å². The third kappa shape index (κ3) is 11.9. The summed E-state index contributed by atoms with van der Waals surface area (Å²) in [7, 11) is 0. The second-order valence-electron chi connectivity index (χ2n) is 13.7. The monoisotopic (exact) mass is 763 g/mol. The van der Waals surface area contributed by atoms with Crippen molar-refractivity contribution in [1.82, 2.24) is 26.6 Å². The lowest BCUT2D eigenvalue weighted by Crippen LogP contribution is -2.58. The minimum atomic E-state index is -1.17. The van der Waals surface area contributed by atoms with Crippen LogP contribution in [-0.2, 0) is 36.8 Å². The molecule has 294 valence electrons. The first-order valence-corrected chi connectivity index (χ1v) is 18.5. The average molecular weight is 764 g/mol. The molecule has 13 N–H and O–H groups in total. The summed E-state index contributed by atoms with van der Waals surface area (Å²) in [4.78, 5) is 77.2. The van der Waals surface area contributed by atoms with E-state index >= 15 is 0 Å². The van der Waals surface area contributed by atoms with E-state index in [1.165, 1.54) is 0 Å². The number of aliphatic imine (C=N–C) groups is 2. The number of fused-ring (bicyclic) bond motifs is 2. The molecule has 5 amide bonds. The third-order valence-corrected chi connectivity index (χ3v) is 9.37. The molecule has 16 heteroatoms. The summed E-state index contributed by atoms with van der Waals surface area (Å²) in [5.74, 6) is -3.47. The molecule has 0 radical (unpaired) electrons. The van der Waals surface area contributed by atoms with Crippen LogP contribution >= 0.6 is 0 Å². The van der Waals surface area contributed by atoms with Crippen LogP contribution in [0.1, 0.15) is 36.8 Å². The van der Waals surface area contributed by atoms with Gasteiger partial charge < -0.3 is 49.5 Å². The zero-order valence-corrected chi connectivity index (χ0v) is 31.0. The number of benzene rings is 4. The Labute approximate surface area is 324 Å². The Morgan fingerprint density at radius 3 is 1.41 bits per heavy atom. The maximum Gasteiger partial charge on any atom is 0.243 e. The fraction of sp³-hybridized carbons (Fsp3) is 0.325. The number of carbonyl (C=O) groups is 5. The molecule has 0 aliphatic carbocycles. The number of hydrogen-bond donors (Lipinski definition) is 9. The van der Waals surface area contributed by atoms with Crippen molar-refractivity contribution in [2.45, 2.75) is 62.7 Å². The summed E-state index contributed by atoms with van der Waals surface area (Å²) < 4.78 is 0. The maximum atomic E-state index is 14.2. The predicted octanol–water partition coefficient (Wildman–Crippen LogP) is -0.0456. The minimum absolute atomic E-state index is 0.0596. The highest BCUT2D eigenvalue weighted by atomic mass is 16.2. The second-order valence-corrected chi connectivity index (χ2v) is 13.7. The highest BCUT2D eigenvalue weighted by molar-refractivity contribution is 5.97. The van der Waals surface area contributed by atoms with Crippen LogP contribution < -0.4 is 49.5 Å². The first-order valence-electron chi connectivity index (χ1n) is 18.5. The Kier molecular flexibility index (Phi) is 14.1. The van der Waals surface area contributed by atoms with Crippen LogP contribution in [0.2, 0.25) is 0 Å². The average Bonchev–Trinajstić information content (AvgIpc) is 3.18. The Morgan fingerprint density at radius 2 is 0.929 bits per heavy atom. The van der Waals surface area contributed by atoms with Crippen LogP contribution in [0.3, 0.4) is 0 Å². The summed E-state index contributed by atoms with van der Waals surface area (Å²) in [5.41, 5.74) is 23.5. The molecular weight excluding hydrogens is 715 g/mol. The first kappa shape index (κ1) is 40.5. The smallest absolute Gasteiger partial charge is 0.243 e. The largest absolute Gasteiger partial charge is 0.370 e. The molecule has 1 fully saturated rings. The number of nitrogens with zero attached hydrogens (tertiary/aromatic N) is 2. The molecule has 0 unspecified atom stereocenters. The SMILES string of the molecule is NC(N)=NCCC[C@@H]1NC(=O)CNC(=O)[C@H](Cc2ccc3ccccc3c2)NC(=O)[C@H](CCCN=C(N)N)NC(=O)[C@@H](Cc2ccc3ccccc3c2)NC1=O. The molecule has 0 bridgehead atoms. The van der Waals surface area contributed by atoms with E-state index in [0.29, 0.717) is 12.8 Å². The topological polar surface area (TPSA) is 274 Å². The van der Waals surface area contributed by atoms with E-state index in [1.54, 1.807) is 0 Å². The van der Waals surface area contributed by atoms with Gasteiger partial charge in [-0.15, -0.1) is 0 Å². The van der Waals surface area contributed by atoms with Crippen molar-refractivity contribution in [2.75, 3.05) is 19.6 Å². The lowest BCUT2D eigenvalue weighted by atomic mass is 9.99. The van der Waals surface area contributed by atoms with E-state index in [1.807, 2.05) is 84.9 Å². The minimum Gasteiger partial charge on any atom is -0.370 e. The number of rotatable bonds is 12. The van der Waals surface area contributed by atoms with Crippen molar-refractivity contribution in [1.29, 1.82) is 0 Å². The summed E-state index contributed by atoms with van der Waals surface area (Å²) in [6.07, 6.45) is 0.971. The molecule has 16 nitrogen and oxygen atoms in total. The molecular formula is C40H49N11O5. The van der Waals surface area contributed by atoms with Gasteiger partial charge in [-0.1, -0.05) is 84.9 Å². The lowest BCUT2D eigenvalue weighted by Gasteiger charge is -2.26. The Morgan fingerprint density at radius 1 is 0.518 bits per heavy atom. The summed E-state index contributed by atoms with van der Waals surface area (Å²) in [6.45, 7) is -0.124. The van der Waals surface area contributed by atoms with Gasteiger partial charge in [-0.3, -0.25) is 34.0 Å². The van der Waals surface area contributed by atoms with Gasteiger partial charge in [0.25, 0.3) is 0 Å². The fourth-order valence-corrected chi connectivity index (χ4v) is 6.52. The van der Waals surface area contributed by atoms with Gasteiger partial charge in [0.1, 0.15) is 24.2 Å². The van der Waals surface area contributed by atoms with Crippen molar-refractivity contribution in [3.63, 3.8) is 0 Å². The molecule has 0 saturated carbocycles. The van der Waals surface area contributed by atoms with E-state index < -0.39 is 60.2 Å². The van der Waals surface area contributed by atoms with Gasteiger partial charge >= 0.3 is 0 Å². The summed E-state index contributed by atoms with van der Waals surface area (Å²) in [5, 5.41) is 17.6. The molecule has 1 aliphatic heterocycles. The van der Waals surface area contributed by atoms with Crippen LogP contribution in [0.25, 0.3) is 21.5 Å². The van der Waals surface area contributed by atoms with Crippen LogP contribution in [0.4, 0.5) is 0 Å².